The maximum Gasteiger partial charge on any atom is 0.0176 e. The number of hydroxylamine groups is 1. The molecule has 0 bridgehead atoms. The highest BCUT2D eigenvalue weighted by Crippen LogP contribution is 2.30. The second-order valence-electron chi connectivity index (χ2n) is 0.953. The Labute approximate surface area is 44.4 Å². The van der Waals surface area contributed by atoms with Crippen molar-refractivity contribution < 1.29 is 0 Å². The fraction of sp³-hybridized carbons (Fsp3) is 1.00. The molecule has 2 nitrogen and oxygen atoms in total. The Morgan fingerprint density at radius 2 is 2.50 bits per heavy atom. The summed E-state index contributed by atoms with van der Waals surface area (Å²) in [6, 6.07) is 0. The molecule has 0 spiro atoms. The molecule has 0 N–H and O–H groups in total. The lowest BCUT2D eigenvalue weighted by atomic mass is 10.8. The fourth-order valence-electron chi connectivity index (χ4n) is 0.245. The summed E-state index contributed by atoms with van der Waals surface area (Å²) in [6.45, 7) is 0.690. The van der Waals surface area contributed by atoms with Gasteiger partial charge in [-0.1, -0.05) is 10.8 Å². The van der Waals surface area contributed by atoms with Crippen molar-refractivity contribution >= 4 is 21.8 Å². The highest BCUT2D eigenvalue weighted by atomic mass is 33.1. The van der Waals surface area contributed by atoms with Gasteiger partial charge in [-0.05, 0) is 11.0 Å². The van der Waals surface area contributed by atoms with Crippen molar-refractivity contribution in [3.63, 3.8) is 0 Å². The van der Waals surface area contributed by atoms with Crippen molar-refractivity contribution in [1.82, 2.24) is 4.47 Å². The molecule has 0 radical (unpaired) electrons. The smallest absolute Gasteiger partial charge is 0.0176 e. The third-order valence-corrected chi connectivity index (χ3v) is 2.61. The van der Waals surface area contributed by atoms with Crippen molar-refractivity contribution in [1.29, 1.82) is 0 Å². The van der Waals surface area contributed by atoms with E-state index in [0.29, 0.717) is 6.54 Å². The van der Waals surface area contributed by atoms with E-state index in [1.165, 1.54) is 11.0 Å². The monoisotopic (exact) mass is 122 g/mol. The van der Waals surface area contributed by atoms with Crippen molar-refractivity contribution in [3.8, 4) is 0 Å². The van der Waals surface area contributed by atoms with Gasteiger partial charge in [0.1, 0.15) is 0 Å². The minimum Gasteiger partial charge on any atom is -0.775 e. The molecule has 1 fully saturated rings. The quantitative estimate of drug-likeness (QED) is 0.355. The molecule has 0 atom stereocenters. The van der Waals surface area contributed by atoms with Gasteiger partial charge in [-0.2, -0.15) is 0 Å². The van der Waals surface area contributed by atoms with Crippen LogP contribution in [0.1, 0.15) is 0 Å². The molecule has 0 unspecified atom stereocenters. The van der Waals surface area contributed by atoms with E-state index in [9.17, 15) is 5.21 Å². The van der Waals surface area contributed by atoms with Gasteiger partial charge in [-0.25, -0.2) is 0 Å². The van der Waals surface area contributed by atoms with Gasteiger partial charge in [-0.3, -0.25) is 0 Å². The van der Waals surface area contributed by atoms with Gasteiger partial charge in [0.05, 0.1) is 0 Å². The lowest BCUT2D eigenvalue weighted by Gasteiger charge is -2.15. The topological polar surface area (TPSA) is 26.3 Å². The van der Waals surface area contributed by atoms with E-state index in [2.05, 4.69) is 0 Å². The summed E-state index contributed by atoms with van der Waals surface area (Å²) in [5.74, 6) is 0.980. The van der Waals surface area contributed by atoms with E-state index in [0.717, 1.165) is 10.2 Å². The largest absolute Gasteiger partial charge is 0.775 e. The second-order valence-corrected chi connectivity index (χ2v) is 3.31. The molecule has 1 rings (SSSR count). The molecule has 6 heavy (non-hydrogen) atoms. The van der Waals surface area contributed by atoms with Crippen molar-refractivity contribution in [3.05, 3.63) is 5.21 Å². The molecular formula is C2H4NOS2-. The summed E-state index contributed by atoms with van der Waals surface area (Å²) < 4.78 is 0.991. The number of hydrogen-bond acceptors (Lipinski definition) is 4. The van der Waals surface area contributed by atoms with E-state index in [1.807, 2.05) is 0 Å². The highest BCUT2D eigenvalue weighted by molar-refractivity contribution is 8.76. The Kier molecular flexibility index (Phi) is 1.64. The molecule has 0 amide bonds. The Hall–Kier alpha value is 0.620. The molecule has 0 aromatic carbocycles. The summed E-state index contributed by atoms with van der Waals surface area (Å²) in [4.78, 5) is 0. The minimum atomic E-state index is 0.690. The van der Waals surface area contributed by atoms with Crippen LogP contribution in [0.15, 0.2) is 0 Å². The first kappa shape index (κ1) is 4.77. The Morgan fingerprint density at radius 1 is 1.67 bits per heavy atom. The summed E-state index contributed by atoms with van der Waals surface area (Å²) >= 11 is 0. The van der Waals surface area contributed by atoms with Gasteiger partial charge < -0.3 is 9.68 Å². The molecule has 1 aliphatic heterocycles. The molecule has 1 saturated heterocycles. The Balaban J connectivity index is 2.18. The fourth-order valence-corrected chi connectivity index (χ4v) is 1.98. The second kappa shape index (κ2) is 2.07. The third kappa shape index (κ3) is 1.04. The Morgan fingerprint density at radius 3 is 2.67 bits per heavy atom. The third-order valence-electron chi connectivity index (χ3n) is 0.493. The zero-order chi connectivity index (χ0) is 4.41. The van der Waals surface area contributed by atoms with Crippen LogP contribution < -0.4 is 0 Å². The van der Waals surface area contributed by atoms with Crippen LogP contribution in [0.5, 0.6) is 0 Å². The van der Waals surface area contributed by atoms with Crippen molar-refractivity contribution in [2.45, 2.75) is 0 Å². The summed E-state index contributed by atoms with van der Waals surface area (Å²) in [5, 5.41) is 10.1. The first-order valence-electron chi connectivity index (χ1n) is 1.64. The molecule has 0 saturated carbocycles. The van der Waals surface area contributed by atoms with E-state index in [1.54, 1.807) is 10.8 Å². The van der Waals surface area contributed by atoms with Crippen LogP contribution in [0.25, 0.3) is 0 Å². The predicted octanol–water partition coefficient (Wildman–Crippen LogP) is 1.10. The first-order valence-corrected chi connectivity index (χ1v) is 3.91. The van der Waals surface area contributed by atoms with Crippen LogP contribution in [0.3, 0.4) is 0 Å². The van der Waals surface area contributed by atoms with Crippen LogP contribution >= 0.6 is 21.8 Å². The van der Waals surface area contributed by atoms with Crippen molar-refractivity contribution in [2.75, 3.05) is 12.3 Å². The lowest BCUT2D eigenvalue weighted by Crippen LogP contribution is -2.00. The molecule has 1 heterocycles. The molecule has 0 aromatic heterocycles. The SMILES string of the molecule is [O-]N1CCSS1. The van der Waals surface area contributed by atoms with Crippen LogP contribution in [-0.4, -0.2) is 16.8 Å². The van der Waals surface area contributed by atoms with E-state index in [-0.39, 0.29) is 0 Å². The number of hydrogen-bond donors (Lipinski definition) is 0. The van der Waals surface area contributed by atoms with Gasteiger partial charge in [0.15, 0.2) is 0 Å². The average Bonchev–Trinajstić information content (AvgIpc) is 1.86. The van der Waals surface area contributed by atoms with Crippen molar-refractivity contribution in [2.24, 2.45) is 0 Å². The summed E-state index contributed by atoms with van der Waals surface area (Å²) in [6.07, 6.45) is 0. The molecule has 4 heteroatoms. The molecule has 36 valence electrons. The summed E-state index contributed by atoms with van der Waals surface area (Å²) in [5.41, 5.74) is 0. The first-order chi connectivity index (χ1) is 2.89. The van der Waals surface area contributed by atoms with Gasteiger partial charge in [0, 0.05) is 12.3 Å². The molecular weight excluding hydrogens is 118 g/mol. The van der Waals surface area contributed by atoms with Gasteiger partial charge in [0.2, 0.25) is 0 Å². The lowest BCUT2D eigenvalue weighted by molar-refractivity contribution is 0.686. The zero-order valence-corrected chi connectivity index (χ0v) is 4.72. The number of nitrogens with zero attached hydrogens (tertiary/aromatic N) is 1. The normalized spacial score (nSPS) is 25.5. The van der Waals surface area contributed by atoms with Crippen LogP contribution in [0.2, 0.25) is 0 Å². The minimum absolute atomic E-state index is 0.690. The molecule has 0 aliphatic carbocycles. The van der Waals surface area contributed by atoms with E-state index in [4.69, 9.17) is 0 Å². The maximum atomic E-state index is 10.1. The maximum absolute atomic E-state index is 10.1. The van der Waals surface area contributed by atoms with Gasteiger partial charge in [-0.15, -0.1) is 0 Å². The van der Waals surface area contributed by atoms with E-state index < -0.39 is 0 Å². The number of rotatable bonds is 0. The van der Waals surface area contributed by atoms with E-state index >= 15 is 0 Å². The Bertz CT molecular complexity index is 44.8. The zero-order valence-electron chi connectivity index (χ0n) is 3.09. The standard InChI is InChI=1S/C2H4NOS2/c4-3-1-2-5-6-3/h1-2H2/q-1. The van der Waals surface area contributed by atoms with Gasteiger partial charge in [0.25, 0.3) is 0 Å². The molecule has 0 aromatic rings. The highest BCUT2D eigenvalue weighted by Gasteiger charge is 2.00. The predicted molar refractivity (Wildman–Crippen MR) is 30.1 cm³/mol. The average molecular weight is 122 g/mol. The van der Waals surface area contributed by atoms with Crippen LogP contribution in [-0.2, 0) is 0 Å². The van der Waals surface area contributed by atoms with Crippen LogP contribution in [0, 0.1) is 5.21 Å². The van der Waals surface area contributed by atoms with Crippen LogP contribution in [0.4, 0.5) is 0 Å². The van der Waals surface area contributed by atoms with Gasteiger partial charge >= 0.3 is 0 Å². The summed E-state index contributed by atoms with van der Waals surface area (Å²) in [7, 11) is 2.90. The molecule has 1 aliphatic rings.